The van der Waals surface area contributed by atoms with E-state index >= 15 is 0 Å². The fraction of sp³-hybridized carbons (Fsp3) is 0.188. The smallest absolute Gasteiger partial charge is 0.313 e. The van der Waals surface area contributed by atoms with Gasteiger partial charge in [-0.25, -0.2) is 0 Å². The number of carbonyl (C=O) groups excluding carboxylic acids is 1. The summed E-state index contributed by atoms with van der Waals surface area (Å²) in [5.74, 6) is 0.393. The Balaban J connectivity index is 2.00. The van der Waals surface area contributed by atoms with Gasteiger partial charge in [0.15, 0.2) is 5.75 Å². The van der Waals surface area contributed by atoms with Gasteiger partial charge in [0.2, 0.25) is 0 Å². The van der Waals surface area contributed by atoms with E-state index in [0.29, 0.717) is 12.2 Å². The minimum atomic E-state index is -0.213. The quantitative estimate of drug-likeness (QED) is 0.628. The Kier molecular flexibility index (Phi) is 3.49. The second-order valence-corrected chi connectivity index (χ2v) is 5.79. The maximum absolute atomic E-state index is 11.9. The molecule has 1 heterocycles. The van der Waals surface area contributed by atoms with Crippen LogP contribution in [0.4, 0.5) is 5.69 Å². The normalized spacial score (nSPS) is 17.7. The van der Waals surface area contributed by atoms with E-state index in [2.05, 4.69) is 21.2 Å². The number of esters is 1. The molecule has 0 aliphatic carbocycles. The Labute approximate surface area is 126 Å². The van der Waals surface area contributed by atoms with Crippen molar-refractivity contribution in [2.24, 2.45) is 0 Å². The molecule has 0 amide bonds. The van der Waals surface area contributed by atoms with Crippen molar-refractivity contribution in [1.29, 1.82) is 0 Å². The number of carbonyl (C=O) groups is 1. The van der Waals surface area contributed by atoms with Crippen LogP contribution in [0.15, 0.2) is 46.9 Å². The highest BCUT2D eigenvalue weighted by Crippen LogP contribution is 2.36. The molecule has 0 bridgehead atoms. The summed E-state index contributed by atoms with van der Waals surface area (Å²) in [6.07, 6.45) is 0.315. The van der Waals surface area contributed by atoms with Crippen molar-refractivity contribution in [2.45, 2.75) is 19.4 Å². The lowest BCUT2D eigenvalue weighted by Crippen LogP contribution is -2.14. The molecule has 3 rings (SSSR count). The summed E-state index contributed by atoms with van der Waals surface area (Å²) in [5, 5.41) is 3.43. The van der Waals surface area contributed by atoms with E-state index < -0.39 is 0 Å². The minimum absolute atomic E-state index is 0.0713. The van der Waals surface area contributed by atoms with Crippen LogP contribution in [0.3, 0.4) is 0 Å². The summed E-state index contributed by atoms with van der Waals surface area (Å²) in [6, 6.07) is 13.6. The van der Waals surface area contributed by atoms with Crippen molar-refractivity contribution < 1.29 is 9.53 Å². The van der Waals surface area contributed by atoms with Gasteiger partial charge >= 0.3 is 5.97 Å². The largest absolute Gasteiger partial charge is 0.424 e. The van der Waals surface area contributed by atoms with Gasteiger partial charge in [0.1, 0.15) is 0 Å². The summed E-state index contributed by atoms with van der Waals surface area (Å²) in [5.41, 5.74) is 3.03. The van der Waals surface area contributed by atoms with E-state index in [0.717, 1.165) is 21.3 Å². The fourth-order valence-electron chi connectivity index (χ4n) is 2.36. The predicted molar refractivity (Wildman–Crippen MR) is 81.9 cm³/mol. The first-order valence-corrected chi connectivity index (χ1v) is 7.25. The molecule has 1 aliphatic rings. The second kappa shape index (κ2) is 5.29. The zero-order valence-corrected chi connectivity index (χ0v) is 12.6. The molecule has 2 aromatic carbocycles. The van der Waals surface area contributed by atoms with Gasteiger partial charge < -0.3 is 10.1 Å². The molecule has 0 spiro atoms. The van der Waals surface area contributed by atoms with Gasteiger partial charge in [-0.15, -0.1) is 0 Å². The Hall–Kier alpha value is -1.81. The van der Waals surface area contributed by atoms with E-state index in [1.165, 1.54) is 0 Å². The number of nitrogens with one attached hydrogen (secondary N) is 1. The van der Waals surface area contributed by atoms with Crippen LogP contribution < -0.4 is 10.1 Å². The topological polar surface area (TPSA) is 38.3 Å². The van der Waals surface area contributed by atoms with E-state index in [1.807, 2.05) is 49.4 Å². The predicted octanol–water partition coefficient (Wildman–Crippen LogP) is 4.22. The number of halogens is 1. The number of rotatable bonds is 1. The van der Waals surface area contributed by atoms with Crippen LogP contribution in [-0.2, 0) is 4.79 Å². The standard InChI is InChI=1S/C16H14BrNO2/c1-10-3-2-4-14-16(10)18-13(9-15(19)20-14)11-5-7-12(17)8-6-11/h2-8,13,18H,9H2,1H3/t13-/m0/s1. The zero-order valence-electron chi connectivity index (χ0n) is 11.0. The van der Waals surface area contributed by atoms with Gasteiger partial charge in [-0.2, -0.15) is 0 Å². The van der Waals surface area contributed by atoms with Crippen molar-refractivity contribution in [1.82, 2.24) is 0 Å². The fourth-order valence-corrected chi connectivity index (χ4v) is 2.63. The SMILES string of the molecule is Cc1cccc2c1N[C@H](c1ccc(Br)cc1)CC(=O)O2. The molecule has 3 nitrogen and oxygen atoms in total. The molecule has 20 heavy (non-hydrogen) atoms. The number of aryl methyl sites for hydroxylation is 1. The lowest BCUT2D eigenvalue weighted by atomic mass is 10.0. The van der Waals surface area contributed by atoms with Crippen LogP contribution in [0, 0.1) is 6.92 Å². The molecule has 2 aromatic rings. The van der Waals surface area contributed by atoms with Crippen molar-refractivity contribution >= 4 is 27.6 Å². The van der Waals surface area contributed by atoms with Crippen LogP contribution in [-0.4, -0.2) is 5.97 Å². The molecule has 0 unspecified atom stereocenters. The molecule has 0 saturated carbocycles. The molecular weight excluding hydrogens is 318 g/mol. The summed E-state index contributed by atoms with van der Waals surface area (Å²) in [6.45, 7) is 2.00. The Morgan fingerprint density at radius 2 is 1.95 bits per heavy atom. The highest BCUT2D eigenvalue weighted by Gasteiger charge is 2.24. The van der Waals surface area contributed by atoms with Crippen LogP contribution in [0.2, 0.25) is 0 Å². The minimum Gasteiger partial charge on any atom is -0.424 e. The number of para-hydroxylation sites is 1. The third-order valence-corrected chi connectivity index (χ3v) is 3.95. The lowest BCUT2D eigenvalue weighted by Gasteiger charge is -2.18. The van der Waals surface area contributed by atoms with Crippen molar-refractivity contribution in [3.8, 4) is 5.75 Å². The molecule has 4 heteroatoms. The average Bonchev–Trinajstić information content (AvgIpc) is 2.59. The van der Waals surface area contributed by atoms with Crippen molar-refractivity contribution in [3.63, 3.8) is 0 Å². The molecular formula is C16H14BrNO2. The van der Waals surface area contributed by atoms with Gasteiger partial charge in [-0.1, -0.05) is 40.2 Å². The highest BCUT2D eigenvalue weighted by molar-refractivity contribution is 9.10. The molecule has 0 radical (unpaired) electrons. The van der Waals surface area contributed by atoms with Gasteiger partial charge in [-0.05, 0) is 36.2 Å². The van der Waals surface area contributed by atoms with Gasteiger partial charge in [0, 0.05) is 4.47 Å². The van der Waals surface area contributed by atoms with Crippen molar-refractivity contribution in [3.05, 3.63) is 58.1 Å². The maximum atomic E-state index is 11.9. The first-order valence-electron chi connectivity index (χ1n) is 6.46. The summed E-state index contributed by atoms with van der Waals surface area (Å²) < 4.78 is 6.42. The average molecular weight is 332 g/mol. The Morgan fingerprint density at radius 1 is 1.20 bits per heavy atom. The van der Waals surface area contributed by atoms with E-state index in [-0.39, 0.29) is 12.0 Å². The third-order valence-electron chi connectivity index (χ3n) is 3.42. The molecule has 1 aliphatic heterocycles. The number of benzene rings is 2. The van der Waals surface area contributed by atoms with Crippen LogP contribution in [0.1, 0.15) is 23.6 Å². The van der Waals surface area contributed by atoms with Gasteiger partial charge in [0.25, 0.3) is 0 Å². The molecule has 1 N–H and O–H groups in total. The number of hydrogen-bond acceptors (Lipinski definition) is 3. The first-order chi connectivity index (χ1) is 9.63. The van der Waals surface area contributed by atoms with Gasteiger partial charge in [0.05, 0.1) is 18.2 Å². The lowest BCUT2D eigenvalue weighted by molar-refractivity contribution is -0.134. The van der Waals surface area contributed by atoms with Crippen LogP contribution in [0.5, 0.6) is 5.75 Å². The number of fused-ring (bicyclic) bond motifs is 1. The maximum Gasteiger partial charge on any atom is 0.313 e. The molecule has 102 valence electrons. The number of ether oxygens (including phenoxy) is 1. The van der Waals surface area contributed by atoms with E-state index in [1.54, 1.807) is 0 Å². The molecule has 1 atom stereocenters. The summed E-state index contributed by atoms with van der Waals surface area (Å²) >= 11 is 3.42. The highest BCUT2D eigenvalue weighted by atomic mass is 79.9. The number of hydrogen-bond donors (Lipinski definition) is 1. The Morgan fingerprint density at radius 3 is 2.70 bits per heavy atom. The zero-order chi connectivity index (χ0) is 14.1. The molecule has 0 saturated heterocycles. The van der Waals surface area contributed by atoms with Crippen LogP contribution >= 0.6 is 15.9 Å². The second-order valence-electron chi connectivity index (χ2n) is 4.87. The number of anilines is 1. The summed E-state index contributed by atoms with van der Waals surface area (Å²) in [4.78, 5) is 11.9. The summed E-state index contributed by atoms with van der Waals surface area (Å²) in [7, 11) is 0. The Bertz CT molecular complexity index is 652. The van der Waals surface area contributed by atoms with E-state index in [4.69, 9.17) is 4.74 Å². The molecule has 0 aromatic heterocycles. The van der Waals surface area contributed by atoms with Gasteiger partial charge in [-0.3, -0.25) is 4.79 Å². The van der Waals surface area contributed by atoms with Crippen LogP contribution in [0.25, 0.3) is 0 Å². The van der Waals surface area contributed by atoms with E-state index in [9.17, 15) is 4.79 Å². The first kappa shape index (κ1) is 13.2. The monoisotopic (exact) mass is 331 g/mol. The molecule has 0 fully saturated rings. The van der Waals surface area contributed by atoms with Crippen molar-refractivity contribution in [2.75, 3.05) is 5.32 Å². The third kappa shape index (κ3) is 2.56.